The number of nitrogens with zero attached hydrogens (tertiary/aromatic N) is 1. The number of nitrogens with one attached hydrogen (secondary N) is 1. The van der Waals surface area contributed by atoms with Gasteiger partial charge in [-0.1, -0.05) is 30.3 Å². The Kier molecular flexibility index (Phi) is 4.40. The van der Waals surface area contributed by atoms with Gasteiger partial charge in [0.25, 0.3) is 0 Å². The van der Waals surface area contributed by atoms with Crippen molar-refractivity contribution in [1.29, 1.82) is 0 Å². The molecule has 1 fully saturated rings. The Labute approximate surface area is 146 Å². The zero-order valence-electron chi connectivity index (χ0n) is 14.0. The second-order valence-electron chi connectivity index (χ2n) is 6.53. The largest absolute Gasteiger partial charge is 0.493 e. The van der Waals surface area contributed by atoms with E-state index in [2.05, 4.69) is 5.32 Å². The van der Waals surface area contributed by atoms with Crippen LogP contribution < -0.4 is 10.1 Å². The summed E-state index contributed by atoms with van der Waals surface area (Å²) in [5.74, 6) is 0.432. The molecule has 2 aliphatic heterocycles. The minimum absolute atomic E-state index is 0.103. The predicted molar refractivity (Wildman–Crippen MR) is 93.0 cm³/mol. The van der Waals surface area contributed by atoms with E-state index in [0.29, 0.717) is 26.1 Å². The minimum atomic E-state index is -0.271. The van der Waals surface area contributed by atoms with Crippen molar-refractivity contribution in [3.63, 3.8) is 0 Å². The molecule has 0 aliphatic carbocycles. The molecule has 2 atom stereocenters. The van der Waals surface area contributed by atoms with Gasteiger partial charge >= 0.3 is 0 Å². The summed E-state index contributed by atoms with van der Waals surface area (Å²) in [6, 6.07) is 14.1. The number of hydrogen-bond acceptors (Lipinski definition) is 3. The van der Waals surface area contributed by atoms with Gasteiger partial charge in [0, 0.05) is 25.2 Å². The number of halogens is 1. The molecule has 0 spiro atoms. The van der Waals surface area contributed by atoms with E-state index in [-0.39, 0.29) is 23.7 Å². The van der Waals surface area contributed by atoms with Gasteiger partial charge in [0.1, 0.15) is 11.6 Å². The number of hydrogen-bond donors (Lipinski definition) is 1. The highest BCUT2D eigenvalue weighted by Crippen LogP contribution is 2.36. The highest BCUT2D eigenvalue weighted by Gasteiger charge is 2.35. The molecule has 2 aromatic carbocycles. The number of piperazine rings is 1. The van der Waals surface area contributed by atoms with Crippen molar-refractivity contribution < 1.29 is 13.9 Å². The molecule has 2 heterocycles. The van der Waals surface area contributed by atoms with Crippen LogP contribution in [0, 0.1) is 5.82 Å². The number of carbonyl (C=O) groups is 1. The van der Waals surface area contributed by atoms with Gasteiger partial charge in [-0.15, -0.1) is 0 Å². The first-order valence-electron chi connectivity index (χ1n) is 8.72. The molecule has 0 bridgehead atoms. The van der Waals surface area contributed by atoms with Gasteiger partial charge in [-0.25, -0.2) is 4.39 Å². The number of amides is 1. The summed E-state index contributed by atoms with van der Waals surface area (Å²) in [5, 5.41) is 3.32. The Morgan fingerprint density at radius 2 is 2.08 bits per heavy atom. The van der Waals surface area contributed by atoms with E-state index in [9.17, 15) is 9.18 Å². The zero-order chi connectivity index (χ0) is 17.2. The Morgan fingerprint density at radius 1 is 1.20 bits per heavy atom. The molecule has 130 valence electrons. The van der Waals surface area contributed by atoms with Crippen LogP contribution in [0.5, 0.6) is 5.75 Å². The molecule has 25 heavy (non-hydrogen) atoms. The quantitative estimate of drug-likeness (QED) is 0.914. The maximum absolute atomic E-state index is 13.7. The lowest BCUT2D eigenvalue weighted by Gasteiger charge is -2.39. The predicted octanol–water partition coefficient (Wildman–Crippen LogP) is 2.86. The SMILES string of the molecule is O=C(C1CCOc2ccccc21)N1CCNCC1c1cccc(F)c1. The van der Waals surface area contributed by atoms with Gasteiger partial charge in [0.05, 0.1) is 18.6 Å². The topological polar surface area (TPSA) is 41.6 Å². The fourth-order valence-electron chi connectivity index (χ4n) is 3.78. The highest BCUT2D eigenvalue weighted by molar-refractivity contribution is 5.85. The summed E-state index contributed by atoms with van der Waals surface area (Å²) in [4.78, 5) is 15.2. The molecule has 1 N–H and O–H groups in total. The maximum Gasteiger partial charge on any atom is 0.230 e. The molecule has 2 aliphatic rings. The summed E-state index contributed by atoms with van der Waals surface area (Å²) in [7, 11) is 0. The zero-order valence-corrected chi connectivity index (χ0v) is 14.0. The molecular weight excluding hydrogens is 319 g/mol. The number of ether oxygens (including phenoxy) is 1. The minimum Gasteiger partial charge on any atom is -0.493 e. The molecule has 1 saturated heterocycles. The second kappa shape index (κ2) is 6.84. The monoisotopic (exact) mass is 340 g/mol. The van der Waals surface area contributed by atoms with Crippen molar-refractivity contribution in [3.8, 4) is 5.75 Å². The number of fused-ring (bicyclic) bond motifs is 1. The van der Waals surface area contributed by atoms with Gasteiger partial charge in [-0.2, -0.15) is 0 Å². The van der Waals surface area contributed by atoms with Crippen LogP contribution in [0.15, 0.2) is 48.5 Å². The lowest BCUT2D eigenvalue weighted by atomic mass is 9.90. The number of para-hydroxylation sites is 1. The third-order valence-corrected chi connectivity index (χ3v) is 5.02. The molecule has 2 unspecified atom stereocenters. The van der Waals surface area contributed by atoms with Gasteiger partial charge in [-0.3, -0.25) is 4.79 Å². The standard InChI is InChI=1S/C20H21FN2O2/c21-15-5-3-4-14(12-15)18-13-22-9-10-23(18)20(24)17-8-11-25-19-7-2-1-6-16(17)19/h1-7,12,17-18,22H,8-11,13H2. The van der Waals surface area contributed by atoms with Crippen LogP contribution in [0.3, 0.4) is 0 Å². The van der Waals surface area contributed by atoms with Gasteiger partial charge < -0.3 is 15.0 Å². The first kappa shape index (κ1) is 16.1. The summed E-state index contributed by atoms with van der Waals surface area (Å²) in [5.41, 5.74) is 1.79. The van der Waals surface area contributed by atoms with Crippen LogP contribution in [0.2, 0.25) is 0 Å². The molecule has 1 amide bonds. The van der Waals surface area contributed by atoms with E-state index in [4.69, 9.17) is 4.74 Å². The van der Waals surface area contributed by atoms with Crippen LogP contribution in [-0.2, 0) is 4.79 Å². The number of rotatable bonds is 2. The molecule has 0 saturated carbocycles. The average molecular weight is 340 g/mol. The average Bonchev–Trinajstić information content (AvgIpc) is 2.67. The van der Waals surface area contributed by atoms with Gasteiger partial charge in [-0.05, 0) is 30.2 Å². The molecule has 2 aromatic rings. The van der Waals surface area contributed by atoms with E-state index in [1.54, 1.807) is 6.07 Å². The van der Waals surface area contributed by atoms with Gasteiger partial charge in [0.15, 0.2) is 0 Å². The van der Waals surface area contributed by atoms with Crippen molar-refractivity contribution >= 4 is 5.91 Å². The van der Waals surface area contributed by atoms with Crippen molar-refractivity contribution in [2.45, 2.75) is 18.4 Å². The normalized spacial score (nSPS) is 22.8. The van der Waals surface area contributed by atoms with Crippen LogP contribution in [0.25, 0.3) is 0 Å². The van der Waals surface area contributed by atoms with E-state index in [1.807, 2.05) is 35.2 Å². The Bertz CT molecular complexity index is 780. The Morgan fingerprint density at radius 3 is 2.96 bits per heavy atom. The highest BCUT2D eigenvalue weighted by atomic mass is 19.1. The van der Waals surface area contributed by atoms with Crippen molar-refractivity contribution in [1.82, 2.24) is 10.2 Å². The van der Waals surface area contributed by atoms with Crippen LogP contribution in [0.4, 0.5) is 4.39 Å². The molecule has 0 aromatic heterocycles. The molecular formula is C20H21FN2O2. The first-order valence-corrected chi connectivity index (χ1v) is 8.72. The van der Waals surface area contributed by atoms with E-state index in [0.717, 1.165) is 23.4 Å². The summed E-state index contributed by atoms with van der Waals surface area (Å²) < 4.78 is 19.3. The molecule has 5 heteroatoms. The first-order chi connectivity index (χ1) is 12.2. The summed E-state index contributed by atoms with van der Waals surface area (Å²) in [6.45, 7) is 2.56. The lowest BCUT2D eigenvalue weighted by Crippen LogP contribution is -2.50. The van der Waals surface area contributed by atoms with E-state index >= 15 is 0 Å². The fourth-order valence-corrected chi connectivity index (χ4v) is 3.78. The Balaban J connectivity index is 1.64. The summed E-state index contributed by atoms with van der Waals surface area (Å²) >= 11 is 0. The van der Waals surface area contributed by atoms with Gasteiger partial charge in [0.2, 0.25) is 5.91 Å². The summed E-state index contributed by atoms with van der Waals surface area (Å²) in [6.07, 6.45) is 0.676. The smallest absolute Gasteiger partial charge is 0.230 e. The van der Waals surface area contributed by atoms with Crippen molar-refractivity contribution in [2.24, 2.45) is 0 Å². The number of carbonyl (C=O) groups excluding carboxylic acids is 1. The third kappa shape index (κ3) is 3.12. The fraction of sp³-hybridized carbons (Fsp3) is 0.350. The van der Waals surface area contributed by atoms with Crippen LogP contribution >= 0.6 is 0 Å². The van der Waals surface area contributed by atoms with Crippen molar-refractivity contribution in [2.75, 3.05) is 26.2 Å². The molecule has 0 radical (unpaired) electrons. The second-order valence-corrected chi connectivity index (χ2v) is 6.53. The number of benzene rings is 2. The third-order valence-electron chi connectivity index (χ3n) is 5.02. The Hall–Kier alpha value is -2.40. The maximum atomic E-state index is 13.7. The lowest BCUT2D eigenvalue weighted by molar-refractivity contribution is -0.137. The molecule has 4 rings (SSSR count). The van der Waals surface area contributed by atoms with Crippen LogP contribution in [0.1, 0.15) is 29.5 Å². The van der Waals surface area contributed by atoms with Crippen LogP contribution in [-0.4, -0.2) is 37.0 Å². The van der Waals surface area contributed by atoms with E-state index in [1.165, 1.54) is 12.1 Å². The van der Waals surface area contributed by atoms with Crippen molar-refractivity contribution in [3.05, 3.63) is 65.5 Å². The molecule has 4 nitrogen and oxygen atoms in total. The van der Waals surface area contributed by atoms with E-state index < -0.39 is 0 Å².